The number of carboxylic acid groups (broad SMARTS) is 1. The molecular weight excluding hydrogens is 468 g/mol. The summed E-state index contributed by atoms with van der Waals surface area (Å²) in [4.78, 5) is 10.7. The van der Waals surface area contributed by atoms with Crippen LogP contribution in [0.1, 0.15) is 43.4 Å². The molecule has 198 valence electrons. The lowest BCUT2D eigenvalue weighted by atomic mass is 9.82. The zero-order valence-corrected chi connectivity index (χ0v) is 21.6. The van der Waals surface area contributed by atoms with Crippen LogP contribution in [0, 0.1) is 18.8 Å². The summed E-state index contributed by atoms with van der Waals surface area (Å²) in [6.45, 7) is 2.87. The lowest BCUT2D eigenvalue weighted by Gasteiger charge is -2.28. The second-order valence-corrected chi connectivity index (χ2v) is 10.3. The molecule has 0 saturated heterocycles. The maximum atomic E-state index is 10.7. The fourth-order valence-electron chi connectivity index (χ4n) is 5.26. The number of aryl methyl sites for hydroxylation is 1. The summed E-state index contributed by atoms with van der Waals surface area (Å²) in [6.07, 6.45) is 4.42. The van der Waals surface area contributed by atoms with Gasteiger partial charge in [0.2, 0.25) is 0 Å². The number of hydrogen-bond donors (Lipinski definition) is 3. The van der Waals surface area contributed by atoms with Gasteiger partial charge in [-0.2, -0.15) is 5.10 Å². The zero-order valence-electron chi connectivity index (χ0n) is 21.6. The van der Waals surface area contributed by atoms with E-state index in [-0.39, 0.29) is 13.2 Å². The average molecular weight is 507 g/mol. The number of rotatable bonds is 12. The van der Waals surface area contributed by atoms with Crippen LogP contribution in [0.4, 0.5) is 0 Å². The molecule has 1 aliphatic rings. The van der Waals surface area contributed by atoms with Gasteiger partial charge >= 0.3 is 5.97 Å². The fraction of sp³-hybridized carbons (Fsp3) is 0.467. The molecule has 1 aliphatic carbocycles. The van der Waals surface area contributed by atoms with Crippen molar-refractivity contribution in [3.8, 4) is 22.4 Å². The highest BCUT2D eigenvalue weighted by molar-refractivity contribution is 5.83. The van der Waals surface area contributed by atoms with Gasteiger partial charge in [0, 0.05) is 23.4 Å². The van der Waals surface area contributed by atoms with Crippen LogP contribution in [0.3, 0.4) is 0 Å². The van der Waals surface area contributed by atoms with Crippen molar-refractivity contribution in [2.75, 3.05) is 19.8 Å². The molecule has 0 bridgehead atoms. The molecule has 0 radical (unpaired) electrons. The van der Waals surface area contributed by atoms with Gasteiger partial charge in [-0.05, 0) is 62.8 Å². The van der Waals surface area contributed by atoms with Crippen molar-refractivity contribution in [2.24, 2.45) is 11.8 Å². The first kappa shape index (κ1) is 27.0. The minimum atomic E-state index is -0.926. The summed E-state index contributed by atoms with van der Waals surface area (Å²) < 4.78 is 7.47. The number of ether oxygens (including phenoxy) is 1. The Morgan fingerprint density at radius 1 is 1.03 bits per heavy atom. The van der Waals surface area contributed by atoms with Gasteiger partial charge in [0.25, 0.3) is 0 Å². The highest BCUT2D eigenvalue weighted by Gasteiger charge is 2.26. The van der Waals surface area contributed by atoms with Crippen LogP contribution in [-0.4, -0.2) is 57.0 Å². The minimum Gasteiger partial charge on any atom is -0.480 e. The van der Waals surface area contributed by atoms with Crippen LogP contribution in [-0.2, 0) is 22.5 Å². The Balaban J connectivity index is 1.62. The molecule has 1 aromatic heterocycles. The molecule has 1 fully saturated rings. The van der Waals surface area contributed by atoms with E-state index in [1.807, 2.05) is 18.2 Å². The Morgan fingerprint density at radius 3 is 2.35 bits per heavy atom. The number of aliphatic hydroxyl groups excluding tert-OH is 2. The average Bonchev–Trinajstić information content (AvgIpc) is 3.26. The maximum absolute atomic E-state index is 10.7. The molecule has 0 unspecified atom stereocenters. The second kappa shape index (κ2) is 13.0. The largest absolute Gasteiger partial charge is 0.480 e. The summed E-state index contributed by atoms with van der Waals surface area (Å²) in [5.41, 5.74) is 6.46. The molecule has 7 nitrogen and oxygen atoms in total. The van der Waals surface area contributed by atoms with Gasteiger partial charge in [-0.1, -0.05) is 60.2 Å². The van der Waals surface area contributed by atoms with E-state index in [2.05, 4.69) is 48.0 Å². The van der Waals surface area contributed by atoms with E-state index in [1.54, 1.807) is 0 Å². The van der Waals surface area contributed by atoms with E-state index in [0.717, 1.165) is 60.3 Å². The fourth-order valence-corrected chi connectivity index (χ4v) is 5.26. The van der Waals surface area contributed by atoms with E-state index in [1.165, 1.54) is 5.56 Å². The normalized spacial score (nSPS) is 18.6. The first-order chi connectivity index (χ1) is 17.9. The highest BCUT2D eigenvalue weighted by atomic mass is 16.5. The lowest BCUT2D eigenvalue weighted by molar-refractivity contribution is -0.142. The van der Waals surface area contributed by atoms with Crippen LogP contribution < -0.4 is 0 Å². The predicted molar refractivity (Wildman–Crippen MR) is 143 cm³/mol. The first-order valence-corrected chi connectivity index (χ1v) is 13.2. The molecule has 3 N–H and O–H groups in total. The number of carbonyl (C=O) groups is 1. The molecule has 1 saturated carbocycles. The van der Waals surface area contributed by atoms with E-state index in [9.17, 15) is 15.0 Å². The van der Waals surface area contributed by atoms with Crippen molar-refractivity contribution in [1.29, 1.82) is 0 Å². The SMILES string of the molecule is Cc1ccc(-c2nn(CC3CCC(COCC(=O)O)CC3)c(CC[C@@H](O)CO)c2-c2ccccc2)cc1. The van der Waals surface area contributed by atoms with Gasteiger partial charge in [-0.25, -0.2) is 4.79 Å². The third-order valence-corrected chi connectivity index (χ3v) is 7.35. The quantitative estimate of drug-likeness (QED) is 0.328. The third-order valence-electron chi connectivity index (χ3n) is 7.35. The predicted octanol–water partition coefficient (Wildman–Crippen LogP) is 4.72. The molecule has 1 atom stereocenters. The lowest BCUT2D eigenvalue weighted by Crippen LogP contribution is -2.24. The Labute approximate surface area is 218 Å². The monoisotopic (exact) mass is 506 g/mol. The van der Waals surface area contributed by atoms with Crippen molar-refractivity contribution in [1.82, 2.24) is 9.78 Å². The number of carboxylic acids is 1. The summed E-state index contributed by atoms with van der Waals surface area (Å²) >= 11 is 0. The van der Waals surface area contributed by atoms with Crippen LogP contribution >= 0.6 is 0 Å². The Bertz CT molecular complexity index is 1130. The van der Waals surface area contributed by atoms with E-state index in [0.29, 0.717) is 31.3 Å². The molecule has 0 aliphatic heterocycles. The van der Waals surface area contributed by atoms with E-state index in [4.69, 9.17) is 14.9 Å². The number of aliphatic carboxylic acids is 1. The standard InChI is InChI=1S/C30H38N2O5/c1-21-7-13-25(14-8-21)30-29(24-5-3-2-4-6-24)27(16-15-26(34)18-33)32(31-30)17-22-9-11-23(12-10-22)19-37-20-28(35)36/h2-8,13-14,22-23,26,33-34H,9-12,15-20H2,1H3,(H,35,36)/t22?,23?,26-/m1/s1. The highest BCUT2D eigenvalue weighted by Crippen LogP contribution is 2.37. The Hall–Kier alpha value is -3.00. The number of nitrogens with zero attached hydrogens (tertiary/aromatic N) is 2. The van der Waals surface area contributed by atoms with E-state index >= 15 is 0 Å². The zero-order chi connectivity index (χ0) is 26.2. The molecule has 4 rings (SSSR count). The van der Waals surface area contributed by atoms with Crippen molar-refractivity contribution in [2.45, 2.75) is 58.1 Å². The van der Waals surface area contributed by atoms with Crippen LogP contribution in [0.2, 0.25) is 0 Å². The summed E-state index contributed by atoms with van der Waals surface area (Å²) in [7, 11) is 0. The number of benzene rings is 2. The summed E-state index contributed by atoms with van der Waals surface area (Å²) in [5, 5.41) is 33.6. The molecular formula is C30H38N2O5. The van der Waals surface area contributed by atoms with Crippen LogP contribution in [0.5, 0.6) is 0 Å². The Kier molecular flexibility index (Phi) is 9.50. The molecule has 37 heavy (non-hydrogen) atoms. The third kappa shape index (κ3) is 7.28. The molecule has 0 amide bonds. The van der Waals surface area contributed by atoms with E-state index < -0.39 is 12.1 Å². The Morgan fingerprint density at radius 2 is 1.70 bits per heavy atom. The number of hydrogen-bond acceptors (Lipinski definition) is 5. The van der Waals surface area contributed by atoms with Gasteiger partial charge in [0.15, 0.2) is 0 Å². The minimum absolute atomic E-state index is 0.236. The number of aromatic nitrogens is 2. The van der Waals surface area contributed by atoms with Crippen molar-refractivity contribution < 1.29 is 24.9 Å². The van der Waals surface area contributed by atoms with Gasteiger partial charge in [-0.15, -0.1) is 0 Å². The van der Waals surface area contributed by atoms with Crippen LogP contribution in [0.25, 0.3) is 22.4 Å². The van der Waals surface area contributed by atoms with Gasteiger partial charge in [0.1, 0.15) is 12.3 Å². The van der Waals surface area contributed by atoms with Crippen molar-refractivity contribution in [3.63, 3.8) is 0 Å². The molecule has 1 heterocycles. The second-order valence-electron chi connectivity index (χ2n) is 10.3. The first-order valence-electron chi connectivity index (χ1n) is 13.2. The topological polar surface area (TPSA) is 105 Å². The van der Waals surface area contributed by atoms with Crippen molar-refractivity contribution in [3.05, 3.63) is 65.9 Å². The van der Waals surface area contributed by atoms with Crippen molar-refractivity contribution >= 4 is 5.97 Å². The van der Waals surface area contributed by atoms with Gasteiger partial charge in [0.05, 0.1) is 19.3 Å². The van der Waals surface area contributed by atoms with Gasteiger partial charge < -0.3 is 20.1 Å². The molecule has 0 spiro atoms. The molecule has 2 aromatic carbocycles. The smallest absolute Gasteiger partial charge is 0.329 e. The molecule has 7 heteroatoms. The maximum Gasteiger partial charge on any atom is 0.329 e. The van der Waals surface area contributed by atoms with Gasteiger partial charge in [-0.3, -0.25) is 4.68 Å². The summed E-state index contributed by atoms with van der Waals surface area (Å²) in [6, 6.07) is 18.7. The number of aliphatic hydroxyl groups is 2. The van der Waals surface area contributed by atoms with Crippen LogP contribution in [0.15, 0.2) is 54.6 Å². The summed E-state index contributed by atoms with van der Waals surface area (Å²) in [5.74, 6) is -0.0631. The molecule has 3 aromatic rings.